The normalized spacial score (nSPS) is 16.3. The van der Waals surface area contributed by atoms with Gasteiger partial charge in [-0.3, -0.25) is 4.90 Å². The monoisotopic (exact) mass is 257 g/mol. The highest BCUT2D eigenvalue weighted by Crippen LogP contribution is 2.27. The Morgan fingerprint density at radius 2 is 1.61 bits per heavy atom. The lowest BCUT2D eigenvalue weighted by Crippen LogP contribution is -2.54. The summed E-state index contributed by atoms with van der Waals surface area (Å²) in [5.74, 6) is 0. The van der Waals surface area contributed by atoms with Crippen LogP contribution in [-0.4, -0.2) is 55.6 Å². The summed E-state index contributed by atoms with van der Waals surface area (Å²) in [5.41, 5.74) is 6.60. The standard InChI is InChI=1S/C15H35N3/c1-8-13(16)14(15(3,4)5)18(9-2)12-10-11-17(6)7/h13-14H,8-12,16H2,1-7H3. The Hall–Kier alpha value is -0.120. The van der Waals surface area contributed by atoms with Crippen LogP contribution in [0.5, 0.6) is 0 Å². The van der Waals surface area contributed by atoms with Crippen molar-refractivity contribution in [1.82, 2.24) is 9.80 Å². The molecule has 0 aliphatic rings. The fourth-order valence-electron chi connectivity index (χ4n) is 2.77. The van der Waals surface area contributed by atoms with Gasteiger partial charge in [-0.05, 0) is 52.0 Å². The van der Waals surface area contributed by atoms with E-state index in [4.69, 9.17) is 5.73 Å². The van der Waals surface area contributed by atoms with Crippen molar-refractivity contribution in [2.75, 3.05) is 33.7 Å². The van der Waals surface area contributed by atoms with Gasteiger partial charge in [0.25, 0.3) is 0 Å². The molecule has 0 amide bonds. The van der Waals surface area contributed by atoms with Crippen molar-refractivity contribution >= 4 is 0 Å². The molecule has 0 saturated heterocycles. The van der Waals surface area contributed by atoms with E-state index in [0.717, 1.165) is 26.1 Å². The number of nitrogens with zero attached hydrogens (tertiary/aromatic N) is 2. The predicted molar refractivity (Wildman–Crippen MR) is 81.9 cm³/mol. The van der Waals surface area contributed by atoms with Gasteiger partial charge in [0, 0.05) is 12.1 Å². The van der Waals surface area contributed by atoms with Gasteiger partial charge >= 0.3 is 0 Å². The number of likely N-dealkylation sites (N-methyl/N-ethyl adjacent to an activating group) is 1. The second-order valence-corrected chi connectivity index (χ2v) is 6.67. The third-order valence-corrected chi connectivity index (χ3v) is 3.61. The molecule has 0 aromatic heterocycles. The van der Waals surface area contributed by atoms with Crippen molar-refractivity contribution in [2.24, 2.45) is 11.1 Å². The van der Waals surface area contributed by atoms with E-state index in [1.807, 2.05) is 0 Å². The Bertz CT molecular complexity index is 208. The van der Waals surface area contributed by atoms with Crippen LogP contribution in [0.1, 0.15) is 47.5 Å². The molecule has 18 heavy (non-hydrogen) atoms. The minimum absolute atomic E-state index is 0.240. The maximum absolute atomic E-state index is 6.36. The third-order valence-electron chi connectivity index (χ3n) is 3.61. The van der Waals surface area contributed by atoms with Gasteiger partial charge in [-0.1, -0.05) is 34.6 Å². The van der Waals surface area contributed by atoms with Gasteiger partial charge in [0.15, 0.2) is 0 Å². The molecule has 0 heterocycles. The lowest BCUT2D eigenvalue weighted by Gasteiger charge is -2.43. The predicted octanol–water partition coefficient (Wildman–Crippen LogP) is 2.41. The zero-order valence-corrected chi connectivity index (χ0v) is 13.7. The van der Waals surface area contributed by atoms with Gasteiger partial charge in [0.05, 0.1) is 0 Å². The second-order valence-electron chi connectivity index (χ2n) is 6.67. The number of rotatable bonds is 8. The van der Waals surface area contributed by atoms with E-state index in [2.05, 4.69) is 58.5 Å². The molecule has 0 aliphatic carbocycles. The van der Waals surface area contributed by atoms with Crippen LogP contribution in [-0.2, 0) is 0 Å². The summed E-state index contributed by atoms with van der Waals surface area (Å²) in [5, 5.41) is 0. The van der Waals surface area contributed by atoms with Gasteiger partial charge in [-0.2, -0.15) is 0 Å². The van der Waals surface area contributed by atoms with E-state index >= 15 is 0 Å². The second kappa shape index (κ2) is 8.13. The first-order chi connectivity index (χ1) is 8.23. The summed E-state index contributed by atoms with van der Waals surface area (Å²) in [6.45, 7) is 14.7. The molecule has 0 rings (SSSR count). The highest BCUT2D eigenvalue weighted by Gasteiger charge is 2.33. The van der Waals surface area contributed by atoms with Crippen LogP contribution < -0.4 is 5.73 Å². The molecule has 0 spiro atoms. The average molecular weight is 257 g/mol. The van der Waals surface area contributed by atoms with Crippen LogP contribution in [0.2, 0.25) is 0 Å². The highest BCUT2D eigenvalue weighted by molar-refractivity contribution is 4.90. The first-order valence-corrected chi connectivity index (χ1v) is 7.38. The van der Waals surface area contributed by atoms with Crippen molar-refractivity contribution in [1.29, 1.82) is 0 Å². The molecule has 2 unspecified atom stereocenters. The molecular formula is C15H35N3. The van der Waals surface area contributed by atoms with E-state index in [9.17, 15) is 0 Å². The lowest BCUT2D eigenvalue weighted by molar-refractivity contribution is 0.0778. The third kappa shape index (κ3) is 6.17. The molecule has 0 aromatic rings. The lowest BCUT2D eigenvalue weighted by atomic mass is 9.80. The quantitative estimate of drug-likeness (QED) is 0.725. The number of hydrogen-bond donors (Lipinski definition) is 1. The van der Waals surface area contributed by atoms with Gasteiger partial charge in [0.2, 0.25) is 0 Å². The summed E-state index contributed by atoms with van der Waals surface area (Å²) in [7, 11) is 4.27. The highest BCUT2D eigenvalue weighted by atomic mass is 15.2. The summed E-state index contributed by atoms with van der Waals surface area (Å²) < 4.78 is 0. The fourth-order valence-corrected chi connectivity index (χ4v) is 2.77. The van der Waals surface area contributed by atoms with Crippen molar-refractivity contribution in [3.63, 3.8) is 0 Å². The van der Waals surface area contributed by atoms with E-state index in [1.54, 1.807) is 0 Å². The first kappa shape index (κ1) is 17.9. The van der Waals surface area contributed by atoms with Gasteiger partial charge in [-0.25, -0.2) is 0 Å². The zero-order valence-electron chi connectivity index (χ0n) is 13.7. The van der Waals surface area contributed by atoms with Crippen LogP contribution in [0.15, 0.2) is 0 Å². The average Bonchev–Trinajstić information content (AvgIpc) is 2.24. The molecule has 3 nitrogen and oxygen atoms in total. The van der Waals surface area contributed by atoms with Crippen LogP contribution in [0.3, 0.4) is 0 Å². The molecule has 3 heteroatoms. The SMILES string of the molecule is CCC(N)C(N(CC)CCCN(C)C)C(C)(C)C. The Morgan fingerprint density at radius 3 is 1.94 bits per heavy atom. The molecule has 0 radical (unpaired) electrons. The Kier molecular flexibility index (Phi) is 8.08. The molecule has 110 valence electrons. The number of hydrogen-bond acceptors (Lipinski definition) is 3. The van der Waals surface area contributed by atoms with Gasteiger partial charge in [0.1, 0.15) is 0 Å². The summed E-state index contributed by atoms with van der Waals surface area (Å²) in [6, 6.07) is 0.735. The van der Waals surface area contributed by atoms with Crippen molar-refractivity contribution < 1.29 is 0 Å². The van der Waals surface area contributed by atoms with E-state index < -0.39 is 0 Å². The maximum atomic E-state index is 6.36. The smallest absolute Gasteiger partial charge is 0.0295 e. The molecular weight excluding hydrogens is 222 g/mol. The first-order valence-electron chi connectivity index (χ1n) is 7.38. The summed E-state index contributed by atoms with van der Waals surface area (Å²) in [4.78, 5) is 4.82. The molecule has 0 saturated carbocycles. The van der Waals surface area contributed by atoms with E-state index in [0.29, 0.717) is 6.04 Å². The summed E-state index contributed by atoms with van der Waals surface area (Å²) in [6.07, 6.45) is 2.26. The maximum Gasteiger partial charge on any atom is 0.0295 e. The van der Waals surface area contributed by atoms with Crippen LogP contribution in [0.25, 0.3) is 0 Å². The van der Waals surface area contributed by atoms with E-state index in [-0.39, 0.29) is 11.5 Å². The van der Waals surface area contributed by atoms with Crippen molar-refractivity contribution in [2.45, 2.75) is 59.5 Å². The Morgan fingerprint density at radius 1 is 1.06 bits per heavy atom. The Labute approximate surface area is 115 Å². The van der Waals surface area contributed by atoms with Crippen LogP contribution in [0, 0.1) is 5.41 Å². The summed E-state index contributed by atoms with van der Waals surface area (Å²) >= 11 is 0. The largest absolute Gasteiger partial charge is 0.326 e. The fraction of sp³-hybridized carbons (Fsp3) is 1.00. The minimum atomic E-state index is 0.240. The van der Waals surface area contributed by atoms with Gasteiger partial charge in [-0.15, -0.1) is 0 Å². The van der Waals surface area contributed by atoms with Gasteiger partial charge < -0.3 is 10.6 Å². The zero-order chi connectivity index (χ0) is 14.3. The molecule has 0 aromatic carbocycles. The molecule has 0 fully saturated rings. The number of nitrogens with two attached hydrogens (primary N) is 1. The molecule has 2 atom stereocenters. The van der Waals surface area contributed by atoms with Crippen molar-refractivity contribution in [3.05, 3.63) is 0 Å². The topological polar surface area (TPSA) is 32.5 Å². The van der Waals surface area contributed by atoms with Crippen LogP contribution >= 0.6 is 0 Å². The molecule has 0 aliphatic heterocycles. The van der Waals surface area contributed by atoms with Crippen LogP contribution in [0.4, 0.5) is 0 Å². The van der Waals surface area contributed by atoms with Crippen molar-refractivity contribution in [3.8, 4) is 0 Å². The molecule has 2 N–H and O–H groups in total. The molecule has 0 bridgehead atoms. The van der Waals surface area contributed by atoms with E-state index in [1.165, 1.54) is 6.42 Å². The Balaban J connectivity index is 4.62. The minimum Gasteiger partial charge on any atom is -0.326 e.